The van der Waals surface area contributed by atoms with Crippen molar-refractivity contribution in [1.82, 2.24) is 9.97 Å². The molecule has 0 bridgehead atoms. The Labute approximate surface area is 80.6 Å². The molecule has 0 saturated carbocycles. The number of nitrogens with zero attached hydrogens (tertiary/aromatic N) is 2. The summed E-state index contributed by atoms with van der Waals surface area (Å²) in [6.07, 6.45) is 2.07. The molecule has 0 atom stereocenters. The third-order valence-corrected chi connectivity index (χ3v) is 1.99. The van der Waals surface area contributed by atoms with Gasteiger partial charge in [0.25, 0.3) is 0 Å². The van der Waals surface area contributed by atoms with E-state index < -0.39 is 0 Å². The number of fused-ring (bicyclic) bond motifs is 1. The molecule has 70 valence electrons. The number of aromatic nitrogens is 2. The first-order valence-electron chi connectivity index (χ1n) is 4.09. The van der Waals surface area contributed by atoms with Crippen molar-refractivity contribution in [1.29, 1.82) is 0 Å². The van der Waals surface area contributed by atoms with Gasteiger partial charge in [0, 0.05) is 5.39 Å². The Morgan fingerprint density at radius 1 is 1.36 bits per heavy atom. The number of aldehydes is 1. The normalized spacial score (nSPS) is 10.1. The van der Waals surface area contributed by atoms with E-state index in [1.165, 1.54) is 6.33 Å². The predicted octanol–water partition coefficient (Wildman–Crippen LogP) is 1.45. The second kappa shape index (κ2) is 3.41. The molecule has 4 nitrogen and oxygen atoms in total. The molecule has 0 amide bonds. The summed E-state index contributed by atoms with van der Waals surface area (Å²) >= 11 is 0. The SMILES string of the molecule is COc1cccc2c(C=O)ncnc12. The topological polar surface area (TPSA) is 52.1 Å². The zero-order chi connectivity index (χ0) is 9.97. The van der Waals surface area contributed by atoms with Crippen LogP contribution in [0.5, 0.6) is 5.75 Å². The summed E-state index contributed by atoms with van der Waals surface area (Å²) < 4.78 is 5.12. The second-order valence-corrected chi connectivity index (χ2v) is 2.73. The lowest BCUT2D eigenvalue weighted by Crippen LogP contribution is -1.93. The van der Waals surface area contributed by atoms with E-state index in [9.17, 15) is 4.79 Å². The van der Waals surface area contributed by atoms with Gasteiger partial charge >= 0.3 is 0 Å². The van der Waals surface area contributed by atoms with Crippen LogP contribution >= 0.6 is 0 Å². The van der Waals surface area contributed by atoms with Crippen LogP contribution in [-0.2, 0) is 0 Å². The van der Waals surface area contributed by atoms with Crippen LogP contribution in [0.2, 0.25) is 0 Å². The molecule has 0 unspecified atom stereocenters. The van der Waals surface area contributed by atoms with E-state index in [1.807, 2.05) is 0 Å². The molecule has 0 aliphatic rings. The van der Waals surface area contributed by atoms with Crippen LogP contribution < -0.4 is 4.74 Å². The van der Waals surface area contributed by atoms with Crippen molar-refractivity contribution in [2.45, 2.75) is 0 Å². The Bertz CT molecular complexity index is 483. The maximum atomic E-state index is 10.7. The maximum Gasteiger partial charge on any atom is 0.169 e. The lowest BCUT2D eigenvalue weighted by atomic mass is 10.2. The van der Waals surface area contributed by atoms with Gasteiger partial charge in [0.2, 0.25) is 0 Å². The summed E-state index contributed by atoms with van der Waals surface area (Å²) in [6.45, 7) is 0. The Hall–Kier alpha value is -1.97. The molecule has 4 heteroatoms. The number of hydrogen-bond acceptors (Lipinski definition) is 4. The van der Waals surface area contributed by atoms with Gasteiger partial charge in [0.15, 0.2) is 6.29 Å². The standard InChI is InChI=1S/C10H8N2O2/c1-14-9-4-2-3-7-8(5-13)11-6-12-10(7)9/h2-6H,1H3. The second-order valence-electron chi connectivity index (χ2n) is 2.73. The maximum absolute atomic E-state index is 10.7. The van der Waals surface area contributed by atoms with Crippen molar-refractivity contribution >= 4 is 17.2 Å². The van der Waals surface area contributed by atoms with Crippen molar-refractivity contribution in [3.63, 3.8) is 0 Å². The molecule has 1 heterocycles. The van der Waals surface area contributed by atoms with Crippen molar-refractivity contribution in [3.8, 4) is 5.75 Å². The molecular weight excluding hydrogens is 180 g/mol. The van der Waals surface area contributed by atoms with Crippen molar-refractivity contribution in [2.24, 2.45) is 0 Å². The fourth-order valence-electron chi connectivity index (χ4n) is 1.34. The van der Waals surface area contributed by atoms with Gasteiger partial charge in [0.05, 0.1) is 7.11 Å². The fraction of sp³-hybridized carbons (Fsp3) is 0.100. The molecule has 1 aromatic heterocycles. The number of hydrogen-bond donors (Lipinski definition) is 0. The zero-order valence-electron chi connectivity index (χ0n) is 7.60. The molecule has 1 aromatic carbocycles. The summed E-state index contributed by atoms with van der Waals surface area (Å²) in [5.41, 5.74) is 1.04. The summed E-state index contributed by atoms with van der Waals surface area (Å²) in [7, 11) is 1.57. The van der Waals surface area contributed by atoms with E-state index >= 15 is 0 Å². The fourth-order valence-corrected chi connectivity index (χ4v) is 1.34. The molecule has 0 saturated heterocycles. The number of rotatable bonds is 2. The summed E-state index contributed by atoms with van der Waals surface area (Å²) in [6, 6.07) is 5.39. The van der Waals surface area contributed by atoms with Crippen LogP contribution in [0.15, 0.2) is 24.5 Å². The third kappa shape index (κ3) is 1.21. The highest BCUT2D eigenvalue weighted by Crippen LogP contribution is 2.23. The highest BCUT2D eigenvalue weighted by atomic mass is 16.5. The number of ether oxygens (including phenoxy) is 1. The van der Waals surface area contributed by atoms with Crippen LogP contribution in [0.4, 0.5) is 0 Å². The predicted molar refractivity (Wildman–Crippen MR) is 51.5 cm³/mol. The Balaban J connectivity index is 2.84. The Kier molecular flexibility index (Phi) is 2.10. The monoisotopic (exact) mass is 188 g/mol. The summed E-state index contributed by atoms with van der Waals surface area (Å²) in [5.74, 6) is 0.646. The van der Waals surface area contributed by atoms with Crippen LogP contribution in [-0.4, -0.2) is 23.4 Å². The molecule has 0 aliphatic carbocycles. The highest BCUT2D eigenvalue weighted by Gasteiger charge is 2.05. The molecule has 0 radical (unpaired) electrons. The molecule has 14 heavy (non-hydrogen) atoms. The number of carbonyl (C=O) groups is 1. The van der Waals surface area contributed by atoms with Gasteiger partial charge in [-0.1, -0.05) is 12.1 Å². The average Bonchev–Trinajstić information content (AvgIpc) is 2.27. The molecule has 2 rings (SSSR count). The van der Waals surface area contributed by atoms with Gasteiger partial charge in [-0.15, -0.1) is 0 Å². The first kappa shape index (κ1) is 8.62. The van der Waals surface area contributed by atoms with Crippen LogP contribution in [0.3, 0.4) is 0 Å². The van der Waals surface area contributed by atoms with E-state index in [1.54, 1.807) is 25.3 Å². The Morgan fingerprint density at radius 3 is 2.93 bits per heavy atom. The number of carbonyl (C=O) groups excluding carboxylic acids is 1. The quantitative estimate of drug-likeness (QED) is 0.669. The van der Waals surface area contributed by atoms with E-state index in [2.05, 4.69) is 9.97 Å². The number of para-hydroxylation sites is 1. The summed E-state index contributed by atoms with van der Waals surface area (Å²) in [5, 5.41) is 0.710. The molecule has 0 aliphatic heterocycles. The molecule has 0 N–H and O–H groups in total. The zero-order valence-corrected chi connectivity index (χ0v) is 7.60. The largest absolute Gasteiger partial charge is 0.494 e. The van der Waals surface area contributed by atoms with Gasteiger partial charge in [-0.05, 0) is 6.07 Å². The smallest absolute Gasteiger partial charge is 0.169 e. The molecule has 0 fully saturated rings. The van der Waals surface area contributed by atoms with Crippen molar-refractivity contribution < 1.29 is 9.53 Å². The number of benzene rings is 1. The van der Waals surface area contributed by atoms with E-state index in [-0.39, 0.29) is 0 Å². The first-order valence-corrected chi connectivity index (χ1v) is 4.09. The molecular formula is C10H8N2O2. The van der Waals surface area contributed by atoms with E-state index in [4.69, 9.17) is 4.74 Å². The summed E-state index contributed by atoms with van der Waals surface area (Å²) in [4.78, 5) is 18.6. The highest BCUT2D eigenvalue weighted by molar-refractivity contribution is 5.96. The van der Waals surface area contributed by atoms with Gasteiger partial charge < -0.3 is 4.74 Å². The van der Waals surface area contributed by atoms with Crippen LogP contribution in [0.1, 0.15) is 10.5 Å². The molecule has 0 spiro atoms. The number of methoxy groups -OCH3 is 1. The lowest BCUT2D eigenvalue weighted by molar-refractivity contribution is 0.112. The van der Waals surface area contributed by atoms with Gasteiger partial charge in [-0.2, -0.15) is 0 Å². The van der Waals surface area contributed by atoms with Gasteiger partial charge in [-0.3, -0.25) is 4.79 Å². The third-order valence-electron chi connectivity index (χ3n) is 1.99. The van der Waals surface area contributed by atoms with E-state index in [0.29, 0.717) is 28.6 Å². The first-order chi connectivity index (χ1) is 6.86. The minimum atomic E-state index is 0.383. The minimum Gasteiger partial charge on any atom is -0.494 e. The van der Waals surface area contributed by atoms with Crippen LogP contribution in [0.25, 0.3) is 10.9 Å². The van der Waals surface area contributed by atoms with E-state index in [0.717, 1.165) is 0 Å². The van der Waals surface area contributed by atoms with Gasteiger partial charge in [0.1, 0.15) is 23.3 Å². The van der Waals surface area contributed by atoms with Crippen molar-refractivity contribution in [3.05, 3.63) is 30.2 Å². The van der Waals surface area contributed by atoms with Crippen LogP contribution in [0, 0.1) is 0 Å². The Morgan fingerprint density at radius 2 is 2.21 bits per heavy atom. The minimum absolute atomic E-state index is 0.383. The average molecular weight is 188 g/mol. The molecule has 2 aromatic rings. The van der Waals surface area contributed by atoms with Crippen molar-refractivity contribution in [2.75, 3.05) is 7.11 Å². The lowest BCUT2D eigenvalue weighted by Gasteiger charge is -2.04. The van der Waals surface area contributed by atoms with Gasteiger partial charge in [-0.25, -0.2) is 9.97 Å².